The van der Waals surface area contributed by atoms with Gasteiger partial charge in [-0.15, -0.1) is 0 Å². The zero-order chi connectivity index (χ0) is 23.6. The molecule has 2 aromatic heterocycles. The van der Waals surface area contributed by atoms with Crippen LogP contribution in [0.1, 0.15) is 37.2 Å². The van der Waals surface area contributed by atoms with Gasteiger partial charge in [0, 0.05) is 25.8 Å². The maximum Gasteiger partial charge on any atom is 0.338 e. The lowest BCUT2D eigenvalue weighted by molar-refractivity contribution is -0.113. The van der Waals surface area contributed by atoms with Crippen LogP contribution in [0.3, 0.4) is 0 Å². The number of aromatic nitrogens is 4. The first kappa shape index (κ1) is 23.3. The van der Waals surface area contributed by atoms with Crippen LogP contribution in [-0.4, -0.2) is 42.9 Å². The van der Waals surface area contributed by atoms with Crippen molar-refractivity contribution in [3.05, 3.63) is 50.7 Å². The SMILES string of the molecule is CCOC(=O)c1cccc(NC(=O)CSc2nc3c(c(=O)n(C)c(=O)n3C)n2C(C)C)c1. The molecule has 0 bridgehead atoms. The zero-order valence-electron chi connectivity index (χ0n) is 18.5. The molecule has 0 spiro atoms. The summed E-state index contributed by atoms with van der Waals surface area (Å²) >= 11 is 1.16. The highest BCUT2D eigenvalue weighted by atomic mass is 32.2. The largest absolute Gasteiger partial charge is 0.462 e. The number of carbonyl (C=O) groups is 2. The van der Waals surface area contributed by atoms with E-state index < -0.39 is 17.2 Å². The molecule has 170 valence electrons. The molecule has 2 heterocycles. The standard InChI is InChI=1S/C21H25N5O5S/c1-6-31-19(29)13-8-7-9-14(10-13)22-15(27)11-32-20-23-17-16(26(20)12(2)3)18(28)25(5)21(30)24(17)4/h7-10,12H,6,11H2,1-5H3,(H,22,27). The molecule has 11 heteroatoms. The van der Waals surface area contributed by atoms with Gasteiger partial charge in [-0.3, -0.25) is 18.7 Å². The van der Waals surface area contributed by atoms with Gasteiger partial charge in [-0.2, -0.15) is 0 Å². The van der Waals surface area contributed by atoms with Crippen LogP contribution in [-0.2, 0) is 23.6 Å². The van der Waals surface area contributed by atoms with Crippen LogP contribution in [0.2, 0.25) is 0 Å². The number of nitrogens with one attached hydrogen (secondary N) is 1. The van der Waals surface area contributed by atoms with Crippen molar-refractivity contribution in [2.24, 2.45) is 14.1 Å². The van der Waals surface area contributed by atoms with Gasteiger partial charge < -0.3 is 14.6 Å². The number of imidazole rings is 1. The number of thioether (sulfide) groups is 1. The summed E-state index contributed by atoms with van der Waals surface area (Å²) in [6, 6.07) is 6.37. The van der Waals surface area contributed by atoms with Crippen LogP contribution in [0.5, 0.6) is 0 Å². The Morgan fingerprint density at radius 2 is 1.91 bits per heavy atom. The Labute approximate surface area is 188 Å². The number of anilines is 1. The highest BCUT2D eigenvalue weighted by Crippen LogP contribution is 2.25. The summed E-state index contributed by atoms with van der Waals surface area (Å²) in [4.78, 5) is 53.8. The third-order valence-corrected chi connectivity index (χ3v) is 5.72. The van der Waals surface area contributed by atoms with Crippen LogP contribution < -0.4 is 16.6 Å². The molecule has 32 heavy (non-hydrogen) atoms. The molecule has 0 saturated carbocycles. The Kier molecular flexibility index (Phi) is 6.87. The number of carbonyl (C=O) groups excluding carboxylic acids is 2. The van der Waals surface area contributed by atoms with Crippen LogP contribution in [0.15, 0.2) is 39.0 Å². The second-order valence-electron chi connectivity index (χ2n) is 7.37. The molecule has 1 N–H and O–H groups in total. The maximum absolute atomic E-state index is 12.7. The molecule has 0 radical (unpaired) electrons. The first-order chi connectivity index (χ1) is 15.1. The lowest BCUT2D eigenvalue weighted by atomic mass is 10.2. The van der Waals surface area contributed by atoms with Gasteiger partial charge >= 0.3 is 11.7 Å². The third-order valence-electron chi connectivity index (χ3n) is 4.77. The highest BCUT2D eigenvalue weighted by molar-refractivity contribution is 7.99. The van der Waals surface area contributed by atoms with Gasteiger partial charge in [-0.1, -0.05) is 17.8 Å². The molecule has 10 nitrogen and oxygen atoms in total. The van der Waals surface area contributed by atoms with Gasteiger partial charge in [0.2, 0.25) is 5.91 Å². The van der Waals surface area contributed by atoms with Crippen LogP contribution in [0.25, 0.3) is 11.2 Å². The summed E-state index contributed by atoms with van der Waals surface area (Å²) in [5.74, 6) is -0.746. The Morgan fingerprint density at radius 3 is 2.56 bits per heavy atom. The number of fused-ring (bicyclic) bond motifs is 1. The molecule has 0 fully saturated rings. The van der Waals surface area contributed by atoms with Crippen molar-refractivity contribution in [1.82, 2.24) is 18.7 Å². The summed E-state index contributed by atoms with van der Waals surface area (Å²) in [5, 5.41) is 3.21. The zero-order valence-corrected chi connectivity index (χ0v) is 19.4. The van der Waals surface area contributed by atoms with Gasteiger partial charge in [0.25, 0.3) is 5.56 Å². The molecule has 3 rings (SSSR count). The van der Waals surface area contributed by atoms with Crippen molar-refractivity contribution in [2.45, 2.75) is 32.0 Å². The second kappa shape index (κ2) is 9.43. The fraction of sp³-hybridized carbons (Fsp3) is 0.381. The van der Waals surface area contributed by atoms with Crippen molar-refractivity contribution >= 4 is 40.5 Å². The maximum atomic E-state index is 12.7. The number of ether oxygens (including phenoxy) is 1. The summed E-state index contributed by atoms with van der Waals surface area (Å²) in [5.41, 5.74) is 0.500. The molecular formula is C21H25N5O5S. The molecule has 0 unspecified atom stereocenters. The van der Waals surface area contributed by atoms with E-state index in [0.717, 1.165) is 16.3 Å². The molecule has 0 aliphatic heterocycles. The van der Waals surface area contributed by atoms with E-state index in [1.54, 1.807) is 42.8 Å². The van der Waals surface area contributed by atoms with Crippen LogP contribution >= 0.6 is 11.8 Å². The summed E-state index contributed by atoms with van der Waals surface area (Å²) in [6.45, 7) is 5.78. The average molecular weight is 460 g/mol. The van der Waals surface area contributed by atoms with E-state index in [0.29, 0.717) is 21.9 Å². The minimum Gasteiger partial charge on any atom is -0.462 e. The average Bonchev–Trinajstić information content (AvgIpc) is 3.15. The van der Waals surface area contributed by atoms with E-state index >= 15 is 0 Å². The molecule has 1 amide bonds. The Morgan fingerprint density at radius 1 is 1.19 bits per heavy atom. The van der Waals surface area contributed by atoms with Crippen molar-refractivity contribution in [2.75, 3.05) is 17.7 Å². The van der Waals surface area contributed by atoms with Crippen molar-refractivity contribution < 1.29 is 14.3 Å². The van der Waals surface area contributed by atoms with Crippen molar-refractivity contribution in [3.8, 4) is 0 Å². The normalized spacial score (nSPS) is 11.2. The molecule has 0 saturated heterocycles. The van der Waals surface area contributed by atoms with Crippen LogP contribution in [0.4, 0.5) is 5.69 Å². The molecular weight excluding hydrogens is 434 g/mol. The molecule has 3 aromatic rings. The van der Waals surface area contributed by atoms with E-state index in [1.165, 1.54) is 11.6 Å². The Hall–Kier alpha value is -3.34. The lowest BCUT2D eigenvalue weighted by Gasteiger charge is -2.12. The predicted octanol–water partition coefficient (Wildman–Crippen LogP) is 1.92. The van der Waals surface area contributed by atoms with Crippen LogP contribution in [0, 0.1) is 0 Å². The fourth-order valence-corrected chi connectivity index (χ4v) is 4.17. The number of hydrogen-bond acceptors (Lipinski definition) is 7. The number of nitrogens with zero attached hydrogens (tertiary/aromatic N) is 4. The van der Waals surface area contributed by atoms with Gasteiger partial charge in [0.05, 0.1) is 17.9 Å². The van der Waals surface area contributed by atoms with Gasteiger partial charge in [0.15, 0.2) is 16.3 Å². The number of benzene rings is 1. The van der Waals surface area contributed by atoms with Crippen molar-refractivity contribution in [3.63, 3.8) is 0 Å². The number of esters is 1. The highest BCUT2D eigenvalue weighted by Gasteiger charge is 2.21. The minimum atomic E-state index is -0.466. The van der Waals surface area contributed by atoms with Gasteiger partial charge in [0.1, 0.15) is 0 Å². The van der Waals surface area contributed by atoms with E-state index in [9.17, 15) is 19.2 Å². The monoisotopic (exact) mass is 459 g/mol. The third kappa shape index (κ3) is 4.47. The summed E-state index contributed by atoms with van der Waals surface area (Å²) in [7, 11) is 2.98. The first-order valence-corrected chi connectivity index (χ1v) is 11.0. The van der Waals surface area contributed by atoms with Gasteiger partial charge in [-0.05, 0) is 39.0 Å². The number of aryl methyl sites for hydroxylation is 1. The molecule has 0 atom stereocenters. The molecule has 0 aliphatic carbocycles. The lowest BCUT2D eigenvalue weighted by Crippen LogP contribution is -2.37. The fourth-order valence-electron chi connectivity index (χ4n) is 3.24. The Bertz CT molecular complexity index is 1300. The van der Waals surface area contributed by atoms with Crippen molar-refractivity contribution in [1.29, 1.82) is 0 Å². The predicted molar refractivity (Wildman–Crippen MR) is 122 cm³/mol. The summed E-state index contributed by atoms with van der Waals surface area (Å²) < 4.78 is 9.07. The van der Waals surface area contributed by atoms with Gasteiger partial charge in [-0.25, -0.2) is 14.6 Å². The molecule has 1 aromatic carbocycles. The molecule has 0 aliphatic rings. The quantitative estimate of drug-likeness (QED) is 0.424. The number of hydrogen-bond donors (Lipinski definition) is 1. The number of rotatable bonds is 7. The topological polar surface area (TPSA) is 117 Å². The minimum absolute atomic E-state index is 0.0218. The second-order valence-corrected chi connectivity index (χ2v) is 8.32. The first-order valence-electron chi connectivity index (χ1n) is 10.0. The van der Waals surface area contributed by atoms with E-state index in [-0.39, 0.29) is 30.0 Å². The summed E-state index contributed by atoms with van der Waals surface area (Å²) in [6.07, 6.45) is 0. The van der Waals surface area contributed by atoms with E-state index in [4.69, 9.17) is 4.74 Å². The Balaban J connectivity index is 1.84. The van der Waals surface area contributed by atoms with E-state index in [2.05, 4.69) is 10.3 Å². The number of amides is 1. The smallest absolute Gasteiger partial charge is 0.338 e. The van der Waals surface area contributed by atoms with E-state index in [1.807, 2.05) is 13.8 Å².